The van der Waals surface area contributed by atoms with Crippen LogP contribution in [-0.2, 0) is 17.1 Å². The van der Waals surface area contributed by atoms with E-state index >= 15 is 0 Å². The maximum Gasteiger partial charge on any atom is 0.255 e. The number of sulfonamides is 1. The van der Waals surface area contributed by atoms with Crippen LogP contribution in [-0.4, -0.2) is 59.2 Å². The van der Waals surface area contributed by atoms with Crippen molar-refractivity contribution in [1.29, 1.82) is 0 Å². The van der Waals surface area contributed by atoms with Crippen LogP contribution in [0.1, 0.15) is 19.8 Å². The second kappa shape index (κ2) is 7.77. The molecule has 1 atom stereocenters. The van der Waals surface area contributed by atoms with Crippen LogP contribution in [0.2, 0.25) is 0 Å². The summed E-state index contributed by atoms with van der Waals surface area (Å²) in [6.45, 7) is 3.56. The van der Waals surface area contributed by atoms with E-state index in [1.807, 2.05) is 24.0 Å². The molecule has 2 aromatic heterocycles. The molecule has 27 heavy (non-hydrogen) atoms. The van der Waals surface area contributed by atoms with E-state index in [9.17, 15) is 13.2 Å². The highest BCUT2D eigenvalue weighted by Crippen LogP contribution is 2.24. The summed E-state index contributed by atoms with van der Waals surface area (Å²) in [5.41, 5.74) is 1.26. The first-order chi connectivity index (χ1) is 12.8. The van der Waals surface area contributed by atoms with Crippen LogP contribution >= 0.6 is 0 Å². The van der Waals surface area contributed by atoms with Crippen LogP contribution in [0.4, 0.5) is 5.95 Å². The number of likely N-dealkylation sites (N-methyl/N-ethyl adjacent to an activating group) is 1. The average molecular weight is 391 g/mol. The fourth-order valence-electron chi connectivity index (χ4n) is 3.49. The molecule has 0 amide bonds. The van der Waals surface area contributed by atoms with Crippen molar-refractivity contribution >= 4 is 16.0 Å². The van der Waals surface area contributed by atoms with Crippen LogP contribution in [0.3, 0.4) is 0 Å². The van der Waals surface area contributed by atoms with Gasteiger partial charge in [-0.15, -0.1) is 0 Å². The largest absolute Gasteiger partial charge is 0.338 e. The zero-order valence-corrected chi connectivity index (χ0v) is 16.7. The van der Waals surface area contributed by atoms with Gasteiger partial charge in [0.15, 0.2) is 0 Å². The number of hydrogen-bond acceptors (Lipinski definition) is 6. The molecule has 3 rings (SSSR count). The van der Waals surface area contributed by atoms with Crippen molar-refractivity contribution in [2.24, 2.45) is 7.05 Å². The van der Waals surface area contributed by atoms with Crippen LogP contribution < -0.4 is 10.5 Å². The number of pyridine rings is 1. The monoisotopic (exact) mass is 391 g/mol. The third kappa shape index (κ3) is 4.19. The Balaban J connectivity index is 2.00. The maximum absolute atomic E-state index is 12.5. The van der Waals surface area contributed by atoms with Crippen LogP contribution in [0.5, 0.6) is 0 Å². The smallest absolute Gasteiger partial charge is 0.255 e. The van der Waals surface area contributed by atoms with E-state index in [2.05, 4.69) is 4.98 Å². The number of piperidine rings is 1. The van der Waals surface area contributed by atoms with E-state index in [0.29, 0.717) is 31.3 Å². The molecule has 3 heterocycles. The van der Waals surface area contributed by atoms with E-state index < -0.39 is 10.0 Å². The Labute approximate surface area is 159 Å². The third-order valence-electron chi connectivity index (χ3n) is 4.95. The molecule has 2 aromatic rings. The minimum absolute atomic E-state index is 0.0238. The molecule has 8 nitrogen and oxygen atoms in total. The van der Waals surface area contributed by atoms with E-state index in [0.717, 1.165) is 18.4 Å². The van der Waals surface area contributed by atoms with Gasteiger partial charge in [-0.3, -0.25) is 14.3 Å². The summed E-state index contributed by atoms with van der Waals surface area (Å²) in [6.07, 6.45) is 6.21. The zero-order chi connectivity index (χ0) is 19.6. The third-order valence-corrected chi connectivity index (χ3v) is 6.22. The Morgan fingerprint density at radius 3 is 2.63 bits per heavy atom. The minimum atomic E-state index is -3.24. The fourth-order valence-corrected chi connectivity index (χ4v) is 4.40. The van der Waals surface area contributed by atoms with Gasteiger partial charge in [0.05, 0.1) is 11.9 Å². The molecule has 0 saturated carbocycles. The molecule has 1 aliphatic heterocycles. The summed E-state index contributed by atoms with van der Waals surface area (Å²) in [5.74, 6) is 0.553. The molecule has 1 fully saturated rings. The van der Waals surface area contributed by atoms with Crippen molar-refractivity contribution < 1.29 is 8.42 Å². The summed E-state index contributed by atoms with van der Waals surface area (Å²) < 4.78 is 27.0. The molecule has 146 valence electrons. The molecule has 0 radical (unpaired) electrons. The summed E-state index contributed by atoms with van der Waals surface area (Å²) in [4.78, 5) is 23.3. The van der Waals surface area contributed by atoms with Crippen molar-refractivity contribution in [3.8, 4) is 11.3 Å². The first-order valence-electron chi connectivity index (χ1n) is 9.01. The van der Waals surface area contributed by atoms with Crippen molar-refractivity contribution in [2.75, 3.05) is 30.8 Å². The molecule has 1 aliphatic rings. The second-order valence-corrected chi connectivity index (χ2v) is 8.76. The number of nitrogens with zero attached hydrogens (tertiary/aromatic N) is 5. The van der Waals surface area contributed by atoms with Gasteiger partial charge in [0, 0.05) is 56.7 Å². The highest BCUT2D eigenvalue weighted by Gasteiger charge is 2.30. The minimum Gasteiger partial charge on any atom is -0.338 e. The van der Waals surface area contributed by atoms with Gasteiger partial charge in [-0.25, -0.2) is 17.7 Å². The molecule has 0 spiro atoms. The SMILES string of the molecule is CCN(c1nc(-c2ccncc2)cc(=O)n1C)C1CCCN(S(C)(=O)=O)C1. The Bertz CT molecular complexity index is 959. The zero-order valence-electron chi connectivity index (χ0n) is 15.9. The summed E-state index contributed by atoms with van der Waals surface area (Å²) >= 11 is 0. The number of rotatable bonds is 5. The quantitative estimate of drug-likeness (QED) is 0.758. The molecule has 9 heteroatoms. The summed E-state index contributed by atoms with van der Waals surface area (Å²) in [7, 11) is -1.55. The first-order valence-corrected chi connectivity index (χ1v) is 10.9. The number of hydrogen-bond donors (Lipinski definition) is 0. The Morgan fingerprint density at radius 1 is 1.30 bits per heavy atom. The average Bonchev–Trinajstić information content (AvgIpc) is 2.66. The lowest BCUT2D eigenvalue weighted by Crippen LogP contribution is -2.51. The highest BCUT2D eigenvalue weighted by atomic mass is 32.2. The molecule has 1 unspecified atom stereocenters. The lowest BCUT2D eigenvalue weighted by molar-refractivity contribution is 0.305. The Kier molecular flexibility index (Phi) is 5.61. The van der Waals surface area contributed by atoms with Crippen LogP contribution in [0.15, 0.2) is 35.4 Å². The summed E-state index contributed by atoms with van der Waals surface area (Å²) in [6, 6.07) is 5.11. The highest BCUT2D eigenvalue weighted by molar-refractivity contribution is 7.88. The second-order valence-electron chi connectivity index (χ2n) is 6.78. The molecule has 0 aliphatic carbocycles. The van der Waals surface area contributed by atoms with E-state index in [1.165, 1.54) is 21.2 Å². The Morgan fingerprint density at radius 2 is 2.00 bits per heavy atom. The van der Waals surface area contributed by atoms with Crippen molar-refractivity contribution in [1.82, 2.24) is 18.8 Å². The lowest BCUT2D eigenvalue weighted by Gasteiger charge is -2.38. The normalized spacial score (nSPS) is 18.4. The maximum atomic E-state index is 12.5. The van der Waals surface area contributed by atoms with Crippen LogP contribution in [0.25, 0.3) is 11.3 Å². The molecule has 0 aromatic carbocycles. The van der Waals surface area contributed by atoms with Gasteiger partial charge in [0.1, 0.15) is 0 Å². The number of aromatic nitrogens is 3. The van der Waals surface area contributed by atoms with Gasteiger partial charge in [0.25, 0.3) is 5.56 Å². The van der Waals surface area contributed by atoms with Crippen molar-refractivity contribution in [3.63, 3.8) is 0 Å². The predicted octanol–water partition coefficient (Wildman–Crippen LogP) is 1.09. The van der Waals surface area contributed by atoms with E-state index in [1.54, 1.807) is 19.4 Å². The van der Waals surface area contributed by atoms with E-state index in [-0.39, 0.29) is 11.6 Å². The van der Waals surface area contributed by atoms with Crippen LogP contribution in [0, 0.1) is 0 Å². The first kappa shape index (κ1) is 19.5. The lowest BCUT2D eigenvalue weighted by atomic mass is 10.1. The van der Waals surface area contributed by atoms with Gasteiger partial charge in [-0.2, -0.15) is 0 Å². The molecule has 1 saturated heterocycles. The van der Waals surface area contributed by atoms with Crippen molar-refractivity contribution in [3.05, 3.63) is 40.9 Å². The summed E-state index contributed by atoms with van der Waals surface area (Å²) in [5, 5.41) is 0. The van der Waals surface area contributed by atoms with Gasteiger partial charge >= 0.3 is 0 Å². The van der Waals surface area contributed by atoms with Crippen molar-refractivity contribution in [2.45, 2.75) is 25.8 Å². The van der Waals surface area contributed by atoms with Gasteiger partial charge in [0.2, 0.25) is 16.0 Å². The topological polar surface area (TPSA) is 88.4 Å². The predicted molar refractivity (Wildman–Crippen MR) is 105 cm³/mol. The van der Waals surface area contributed by atoms with E-state index in [4.69, 9.17) is 4.98 Å². The van der Waals surface area contributed by atoms with Gasteiger partial charge in [-0.05, 0) is 31.9 Å². The molecule has 0 bridgehead atoms. The van der Waals surface area contributed by atoms with Gasteiger partial charge in [-0.1, -0.05) is 0 Å². The molecular formula is C18H25N5O3S. The van der Waals surface area contributed by atoms with Gasteiger partial charge < -0.3 is 4.90 Å². The number of anilines is 1. The standard InChI is InChI=1S/C18H25N5O3S/c1-4-23(15-6-5-11-22(13-15)27(3,25)26)18-20-16(12-17(24)21(18)2)14-7-9-19-10-8-14/h7-10,12,15H,4-6,11,13H2,1-3H3. The fraction of sp³-hybridized carbons (Fsp3) is 0.500. The molecule has 0 N–H and O–H groups in total. The Hall–Kier alpha value is -2.26. The molecular weight excluding hydrogens is 366 g/mol.